The van der Waals surface area contributed by atoms with Crippen molar-refractivity contribution in [3.63, 3.8) is 0 Å². The number of sulfonamides is 1. The molecule has 3 atom stereocenters. The Bertz CT molecular complexity index is 1300. The normalized spacial score (nSPS) is 22.9. The Hall–Kier alpha value is -2.08. The number of aliphatic hydroxyl groups is 1. The molecule has 3 unspecified atom stereocenters. The van der Waals surface area contributed by atoms with E-state index >= 15 is 8.78 Å². The number of piperazine rings is 1. The summed E-state index contributed by atoms with van der Waals surface area (Å²) in [6, 6.07) is 4.24. The minimum atomic E-state index is -4.90. The number of aryl methyl sites for hydroxylation is 1. The average Bonchev–Trinajstić information content (AvgIpc) is 3.07. The zero-order valence-electron chi connectivity index (χ0n) is 21.2. The molecular weight excluding hydrogens is 515 g/mol. The van der Waals surface area contributed by atoms with E-state index in [1.807, 2.05) is 4.90 Å². The van der Waals surface area contributed by atoms with Gasteiger partial charge in [-0.15, -0.1) is 0 Å². The lowest BCUT2D eigenvalue weighted by Gasteiger charge is -2.39. The molecule has 0 amide bonds. The quantitative estimate of drug-likeness (QED) is 0.525. The topological polar surface area (TPSA) is 60.9 Å². The first-order valence-corrected chi connectivity index (χ1v) is 14.0. The van der Waals surface area contributed by atoms with Crippen LogP contribution in [0.4, 0.5) is 22.0 Å². The number of benzene rings is 2. The van der Waals surface area contributed by atoms with Crippen LogP contribution in [0.2, 0.25) is 0 Å². The van der Waals surface area contributed by atoms with Gasteiger partial charge in [0.05, 0.1) is 6.26 Å². The van der Waals surface area contributed by atoms with E-state index in [1.54, 1.807) is 6.92 Å². The SMILES string of the molecule is CCc1c(F)c(CN2CC3CCC(C2)N3S(C)(=O)=O)cc(F)c1-c1ccc(C(C)(O)C(F)(F)F)cc1C. The van der Waals surface area contributed by atoms with Crippen LogP contribution in [0, 0.1) is 18.6 Å². The number of likely N-dealkylation sites (tertiary alicyclic amines) is 1. The smallest absolute Gasteiger partial charge is 0.376 e. The van der Waals surface area contributed by atoms with Gasteiger partial charge in [0.2, 0.25) is 10.0 Å². The van der Waals surface area contributed by atoms with E-state index in [0.717, 1.165) is 31.0 Å². The molecular formula is C26H31F5N2O3S. The molecule has 2 aliphatic heterocycles. The number of alkyl halides is 3. The van der Waals surface area contributed by atoms with E-state index < -0.39 is 33.4 Å². The zero-order valence-corrected chi connectivity index (χ0v) is 22.0. The second-order valence-corrected chi connectivity index (χ2v) is 12.2. The fourth-order valence-electron chi connectivity index (χ4n) is 5.75. The van der Waals surface area contributed by atoms with Crippen molar-refractivity contribution < 1.29 is 35.5 Å². The van der Waals surface area contributed by atoms with Gasteiger partial charge in [-0.2, -0.15) is 17.5 Å². The van der Waals surface area contributed by atoms with Crippen LogP contribution in [-0.4, -0.2) is 60.3 Å². The van der Waals surface area contributed by atoms with E-state index in [0.29, 0.717) is 20.0 Å². The van der Waals surface area contributed by atoms with Crippen LogP contribution in [0.3, 0.4) is 0 Å². The fraction of sp³-hybridized carbons (Fsp3) is 0.538. The molecule has 204 valence electrons. The molecule has 2 heterocycles. The molecule has 0 aliphatic carbocycles. The fourth-order valence-corrected chi connectivity index (χ4v) is 7.18. The molecule has 0 aromatic heterocycles. The second kappa shape index (κ2) is 9.59. The van der Waals surface area contributed by atoms with Gasteiger partial charge in [0.1, 0.15) is 11.6 Å². The molecule has 4 rings (SSSR count). The molecule has 2 fully saturated rings. The van der Waals surface area contributed by atoms with Gasteiger partial charge in [-0.3, -0.25) is 4.90 Å². The van der Waals surface area contributed by atoms with E-state index in [4.69, 9.17) is 0 Å². The molecule has 37 heavy (non-hydrogen) atoms. The number of halogens is 5. The monoisotopic (exact) mass is 546 g/mol. The summed E-state index contributed by atoms with van der Waals surface area (Å²) >= 11 is 0. The highest BCUT2D eigenvalue weighted by molar-refractivity contribution is 7.88. The van der Waals surface area contributed by atoms with Gasteiger partial charge in [-0.1, -0.05) is 25.1 Å². The van der Waals surface area contributed by atoms with Crippen molar-refractivity contribution in [1.82, 2.24) is 9.21 Å². The van der Waals surface area contributed by atoms with Crippen LogP contribution >= 0.6 is 0 Å². The van der Waals surface area contributed by atoms with Crippen LogP contribution in [-0.2, 0) is 28.6 Å². The molecule has 5 nitrogen and oxygen atoms in total. The minimum absolute atomic E-state index is 0.0126. The number of fused-ring (bicyclic) bond motifs is 2. The standard InChI is InChI=1S/C26H31F5N2O3S/c1-5-20-23(21-9-6-17(10-15(21)2)25(3,34)26(29,30)31)22(27)11-16(24(20)28)12-32-13-18-7-8-19(14-32)33(18)37(4,35)36/h6,9-11,18-19,34H,5,7-8,12-14H2,1-4H3. The second-order valence-electron chi connectivity index (χ2n) is 10.3. The molecule has 2 saturated heterocycles. The summed E-state index contributed by atoms with van der Waals surface area (Å²) in [5, 5.41) is 10.0. The molecule has 0 spiro atoms. The first kappa shape index (κ1) is 27.9. The predicted octanol–water partition coefficient (Wildman–Crippen LogP) is 4.88. The molecule has 1 N–H and O–H groups in total. The molecule has 11 heteroatoms. The van der Waals surface area contributed by atoms with Crippen molar-refractivity contribution >= 4 is 10.0 Å². The molecule has 0 saturated carbocycles. The van der Waals surface area contributed by atoms with Crippen molar-refractivity contribution in [3.05, 3.63) is 58.2 Å². The minimum Gasteiger partial charge on any atom is -0.376 e. The van der Waals surface area contributed by atoms with Crippen LogP contribution < -0.4 is 0 Å². The van der Waals surface area contributed by atoms with Crippen LogP contribution in [0.25, 0.3) is 11.1 Å². The van der Waals surface area contributed by atoms with Gasteiger partial charge < -0.3 is 5.11 Å². The summed E-state index contributed by atoms with van der Waals surface area (Å²) in [5.41, 5.74) is -2.69. The number of rotatable bonds is 6. The highest BCUT2D eigenvalue weighted by Crippen LogP contribution is 2.41. The molecule has 2 bridgehead atoms. The van der Waals surface area contributed by atoms with Gasteiger partial charge >= 0.3 is 6.18 Å². The van der Waals surface area contributed by atoms with Crippen molar-refractivity contribution in [2.45, 2.75) is 70.4 Å². The third-order valence-corrected chi connectivity index (χ3v) is 8.98. The van der Waals surface area contributed by atoms with Gasteiger partial charge in [0.15, 0.2) is 5.60 Å². The summed E-state index contributed by atoms with van der Waals surface area (Å²) in [4.78, 5) is 1.94. The van der Waals surface area contributed by atoms with Gasteiger partial charge in [-0.25, -0.2) is 17.2 Å². The lowest BCUT2D eigenvalue weighted by Crippen LogP contribution is -2.55. The Morgan fingerprint density at radius 1 is 1.08 bits per heavy atom. The predicted molar refractivity (Wildman–Crippen MR) is 130 cm³/mol. The van der Waals surface area contributed by atoms with Crippen molar-refractivity contribution in [2.24, 2.45) is 0 Å². The number of nitrogens with zero attached hydrogens (tertiary/aromatic N) is 2. The highest BCUT2D eigenvalue weighted by atomic mass is 32.2. The number of hydrogen-bond donors (Lipinski definition) is 1. The maximum absolute atomic E-state index is 15.7. The van der Waals surface area contributed by atoms with E-state index in [1.165, 1.54) is 23.6 Å². The summed E-state index contributed by atoms with van der Waals surface area (Å²) in [6.45, 7) is 4.78. The lowest BCUT2D eigenvalue weighted by molar-refractivity contribution is -0.258. The summed E-state index contributed by atoms with van der Waals surface area (Å²) < 4.78 is 96.9. The first-order valence-electron chi connectivity index (χ1n) is 12.2. The third-order valence-electron chi connectivity index (χ3n) is 7.62. The summed E-state index contributed by atoms with van der Waals surface area (Å²) in [5.74, 6) is -1.27. The van der Waals surface area contributed by atoms with Crippen molar-refractivity contribution in [1.29, 1.82) is 0 Å². The van der Waals surface area contributed by atoms with Crippen molar-refractivity contribution in [2.75, 3.05) is 19.3 Å². The Labute approximate surface area is 213 Å². The average molecular weight is 547 g/mol. The van der Waals surface area contributed by atoms with E-state index in [2.05, 4.69) is 0 Å². The maximum Gasteiger partial charge on any atom is 0.421 e. The number of hydrogen-bond acceptors (Lipinski definition) is 4. The summed E-state index contributed by atoms with van der Waals surface area (Å²) in [7, 11) is -3.35. The van der Waals surface area contributed by atoms with Gasteiger partial charge in [-0.05, 0) is 61.4 Å². The first-order chi connectivity index (χ1) is 17.1. The van der Waals surface area contributed by atoms with Crippen LogP contribution in [0.5, 0.6) is 0 Å². The van der Waals surface area contributed by atoms with E-state index in [9.17, 15) is 26.7 Å². The molecule has 0 radical (unpaired) electrons. The van der Waals surface area contributed by atoms with E-state index in [-0.39, 0.29) is 58.4 Å². The Morgan fingerprint density at radius 3 is 2.16 bits per heavy atom. The molecule has 2 aromatic carbocycles. The largest absolute Gasteiger partial charge is 0.421 e. The van der Waals surface area contributed by atoms with Crippen molar-refractivity contribution in [3.8, 4) is 11.1 Å². The maximum atomic E-state index is 15.7. The van der Waals surface area contributed by atoms with Gasteiger partial charge in [0, 0.05) is 42.8 Å². The zero-order chi connectivity index (χ0) is 27.5. The molecule has 2 aliphatic rings. The molecule has 2 aromatic rings. The van der Waals surface area contributed by atoms with Gasteiger partial charge in [0.25, 0.3) is 0 Å². The van der Waals surface area contributed by atoms with Crippen LogP contribution in [0.1, 0.15) is 48.9 Å². The highest BCUT2D eigenvalue weighted by Gasteiger charge is 2.51. The third kappa shape index (κ3) is 5.03. The van der Waals surface area contributed by atoms with Crippen LogP contribution in [0.15, 0.2) is 24.3 Å². The Balaban J connectivity index is 1.66. The Morgan fingerprint density at radius 2 is 1.68 bits per heavy atom. The summed E-state index contributed by atoms with van der Waals surface area (Å²) in [6.07, 6.45) is -2.11. The Kier molecular flexibility index (Phi) is 7.24. The lowest BCUT2D eigenvalue weighted by atomic mass is 9.87.